The second-order valence-electron chi connectivity index (χ2n) is 6.59. The third kappa shape index (κ3) is 1.87. The summed E-state index contributed by atoms with van der Waals surface area (Å²) in [6.45, 7) is 1.97. The molecular formula is C22H16N2O2. The first-order chi connectivity index (χ1) is 12.7. The molecule has 4 nitrogen and oxygen atoms in total. The average Bonchev–Trinajstić information content (AvgIpc) is 2.93. The molecule has 0 unspecified atom stereocenters. The van der Waals surface area contributed by atoms with Crippen LogP contribution >= 0.6 is 0 Å². The Hall–Kier alpha value is -3.53. The lowest BCUT2D eigenvalue weighted by atomic mass is 10.00. The zero-order valence-corrected chi connectivity index (χ0v) is 14.2. The van der Waals surface area contributed by atoms with Gasteiger partial charge >= 0.3 is 5.82 Å². The highest BCUT2D eigenvalue weighted by atomic mass is 16.5. The van der Waals surface area contributed by atoms with Crippen molar-refractivity contribution in [2.24, 2.45) is 0 Å². The Morgan fingerprint density at radius 1 is 0.808 bits per heavy atom. The molecule has 1 aromatic heterocycles. The molecule has 0 aliphatic heterocycles. The van der Waals surface area contributed by atoms with Gasteiger partial charge in [0.1, 0.15) is 0 Å². The first-order valence-corrected chi connectivity index (χ1v) is 8.50. The van der Waals surface area contributed by atoms with Gasteiger partial charge in [0.05, 0.1) is 5.56 Å². The summed E-state index contributed by atoms with van der Waals surface area (Å²) in [5.41, 5.74) is 2.73. The Kier molecular flexibility index (Phi) is 2.97. The first kappa shape index (κ1) is 14.8. The summed E-state index contributed by atoms with van der Waals surface area (Å²) >= 11 is 0. The van der Waals surface area contributed by atoms with Gasteiger partial charge in [0.2, 0.25) is 5.52 Å². The molecule has 1 N–H and O–H groups in total. The minimum Gasteiger partial charge on any atom is -0.710 e. The minimum absolute atomic E-state index is 0.227. The molecule has 0 radical (unpaired) electrons. The third-order valence-electron chi connectivity index (χ3n) is 4.96. The topological polar surface area (TPSA) is 52.1 Å². The third-order valence-corrected chi connectivity index (χ3v) is 4.96. The maximum absolute atomic E-state index is 13.3. The van der Waals surface area contributed by atoms with Crippen molar-refractivity contribution in [3.63, 3.8) is 0 Å². The molecule has 4 heteroatoms. The summed E-state index contributed by atoms with van der Waals surface area (Å²) in [4.78, 5) is 0. The van der Waals surface area contributed by atoms with Gasteiger partial charge in [0, 0.05) is 10.8 Å². The summed E-state index contributed by atoms with van der Waals surface area (Å²) in [7, 11) is 0. The number of benzene rings is 4. The number of hydrogen-bond donors (Lipinski definition) is 1. The van der Waals surface area contributed by atoms with Gasteiger partial charge in [-0.3, -0.25) is 0 Å². The highest BCUT2D eigenvalue weighted by molar-refractivity contribution is 6.22. The lowest BCUT2D eigenvalue weighted by Crippen LogP contribution is -2.28. The second-order valence-corrected chi connectivity index (χ2v) is 6.59. The quantitative estimate of drug-likeness (QED) is 0.206. The van der Waals surface area contributed by atoms with Gasteiger partial charge in [-0.15, -0.1) is 0 Å². The monoisotopic (exact) mass is 340 g/mol. The van der Waals surface area contributed by atoms with Crippen LogP contribution in [-0.2, 0) is 0 Å². The Morgan fingerprint density at radius 3 is 2.12 bits per heavy atom. The summed E-state index contributed by atoms with van der Waals surface area (Å²) in [5.74, 6) is 0.227. The molecule has 1 heterocycles. The van der Waals surface area contributed by atoms with Crippen LogP contribution in [0.1, 0.15) is 5.56 Å². The summed E-state index contributed by atoms with van der Waals surface area (Å²) in [5, 5.41) is 27.9. The number of fused-ring (bicyclic) bond motifs is 6. The van der Waals surface area contributed by atoms with E-state index in [0.29, 0.717) is 16.6 Å². The molecule has 0 spiro atoms. The van der Waals surface area contributed by atoms with Crippen LogP contribution in [-0.4, -0.2) is 9.94 Å². The van der Waals surface area contributed by atoms with E-state index in [9.17, 15) is 10.4 Å². The van der Waals surface area contributed by atoms with Crippen LogP contribution in [0.2, 0.25) is 0 Å². The molecule has 0 aliphatic carbocycles. The van der Waals surface area contributed by atoms with Gasteiger partial charge in [-0.2, -0.15) is 0 Å². The van der Waals surface area contributed by atoms with E-state index in [2.05, 4.69) is 0 Å². The standard InChI is InChI=1S/C22H16N2O2/c1-14-7-6-8-15(13-14)22-23(25)20-18-11-4-2-9-16(18)17-10-3-5-12-19(17)21(20)24(22)26/h2-13,25H,1H3. The molecule has 0 atom stereocenters. The van der Waals surface area contributed by atoms with E-state index in [4.69, 9.17) is 0 Å². The fourth-order valence-corrected chi connectivity index (χ4v) is 3.85. The fourth-order valence-electron chi connectivity index (χ4n) is 3.85. The van der Waals surface area contributed by atoms with Crippen molar-refractivity contribution in [2.45, 2.75) is 6.92 Å². The highest BCUT2D eigenvalue weighted by Gasteiger charge is 2.27. The molecule has 4 aromatic carbocycles. The number of imidazole rings is 1. The van der Waals surface area contributed by atoms with Gasteiger partial charge in [-0.1, -0.05) is 54.1 Å². The predicted octanol–water partition coefficient (Wildman–Crippen LogP) is 4.79. The van der Waals surface area contributed by atoms with E-state index < -0.39 is 0 Å². The molecule has 26 heavy (non-hydrogen) atoms. The van der Waals surface area contributed by atoms with Gasteiger partial charge in [0.25, 0.3) is 0 Å². The molecule has 0 bridgehead atoms. The van der Waals surface area contributed by atoms with Crippen LogP contribution in [0.4, 0.5) is 0 Å². The van der Waals surface area contributed by atoms with E-state index in [-0.39, 0.29) is 5.82 Å². The van der Waals surface area contributed by atoms with E-state index in [1.54, 1.807) is 0 Å². The molecule has 0 fully saturated rings. The zero-order chi connectivity index (χ0) is 17.8. The maximum atomic E-state index is 13.3. The van der Waals surface area contributed by atoms with Crippen molar-refractivity contribution in [3.05, 3.63) is 83.6 Å². The molecule has 0 saturated carbocycles. The average molecular weight is 340 g/mol. The van der Waals surface area contributed by atoms with E-state index in [0.717, 1.165) is 36.6 Å². The Balaban J connectivity index is 2.06. The van der Waals surface area contributed by atoms with Crippen molar-refractivity contribution < 1.29 is 9.94 Å². The van der Waals surface area contributed by atoms with Crippen LogP contribution in [0.25, 0.3) is 44.0 Å². The minimum atomic E-state index is 0.227. The summed E-state index contributed by atoms with van der Waals surface area (Å²) in [6.07, 6.45) is 0. The summed E-state index contributed by atoms with van der Waals surface area (Å²) < 4.78 is 1.88. The Labute approximate surface area is 149 Å². The largest absolute Gasteiger partial charge is 0.710 e. The smallest absolute Gasteiger partial charge is 0.332 e. The van der Waals surface area contributed by atoms with Crippen LogP contribution in [0.15, 0.2) is 72.8 Å². The van der Waals surface area contributed by atoms with Crippen molar-refractivity contribution in [3.8, 4) is 11.4 Å². The normalized spacial score (nSPS) is 11.6. The van der Waals surface area contributed by atoms with E-state index in [1.165, 1.54) is 0 Å². The maximum Gasteiger partial charge on any atom is 0.332 e. The zero-order valence-electron chi connectivity index (χ0n) is 14.2. The van der Waals surface area contributed by atoms with Gasteiger partial charge in [-0.25, -0.2) is 4.73 Å². The van der Waals surface area contributed by atoms with Crippen LogP contribution < -0.4 is 4.73 Å². The van der Waals surface area contributed by atoms with E-state index >= 15 is 0 Å². The number of rotatable bonds is 1. The molecule has 5 aromatic rings. The number of aryl methyl sites for hydroxylation is 1. The van der Waals surface area contributed by atoms with Crippen LogP contribution in [0.3, 0.4) is 0 Å². The fraction of sp³-hybridized carbons (Fsp3) is 0.0455. The number of aromatic nitrogens is 2. The molecule has 126 valence electrons. The van der Waals surface area contributed by atoms with E-state index in [1.807, 2.05) is 79.7 Å². The summed E-state index contributed by atoms with van der Waals surface area (Å²) in [6, 6.07) is 23.3. The number of hydrogen-bond acceptors (Lipinski definition) is 2. The van der Waals surface area contributed by atoms with Gasteiger partial charge in [-0.05, 0) is 46.7 Å². The second kappa shape index (κ2) is 5.23. The first-order valence-electron chi connectivity index (χ1n) is 8.50. The van der Waals surface area contributed by atoms with Crippen LogP contribution in [0.5, 0.6) is 0 Å². The predicted molar refractivity (Wildman–Crippen MR) is 103 cm³/mol. The lowest BCUT2D eigenvalue weighted by Gasteiger charge is -2.06. The molecular weight excluding hydrogens is 324 g/mol. The van der Waals surface area contributed by atoms with Crippen molar-refractivity contribution in [1.29, 1.82) is 0 Å². The van der Waals surface area contributed by atoms with Gasteiger partial charge in [0.15, 0.2) is 5.52 Å². The van der Waals surface area contributed by atoms with Gasteiger partial charge < -0.3 is 10.4 Å². The lowest BCUT2D eigenvalue weighted by molar-refractivity contribution is -0.566. The molecule has 5 rings (SSSR count). The highest BCUT2D eigenvalue weighted by Crippen LogP contribution is 2.35. The molecule has 0 amide bonds. The Bertz CT molecular complexity index is 1240. The van der Waals surface area contributed by atoms with Crippen molar-refractivity contribution >= 4 is 32.6 Å². The molecule has 0 saturated heterocycles. The Morgan fingerprint density at radius 2 is 1.42 bits per heavy atom. The number of nitrogens with zero attached hydrogens (tertiary/aromatic N) is 2. The van der Waals surface area contributed by atoms with Crippen molar-refractivity contribution in [2.75, 3.05) is 0 Å². The van der Waals surface area contributed by atoms with Crippen LogP contribution in [0, 0.1) is 12.1 Å². The van der Waals surface area contributed by atoms with Crippen molar-refractivity contribution in [1.82, 2.24) is 4.73 Å². The SMILES string of the molecule is Cc1cccc(-c2n(O)c3c4ccccc4c4ccccc4c3[n+]2[O-])c1. The molecule has 0 aliphatic rings.